The van der Waals surface area contributed by atoms with E-state index in [0.717, 1.165) is 18.0 Å². The van der Waals surface area contributed by atoms with Crippen LogP contribution in [0.5, 0.6) is 0 Å². The molecule has 3 unspecified atom stereocenters. The standard InChI is InChI=1S/C17H33N3/c1-2-10-18-16(8-1)15-7-5-9-17(15)19-11-6-14-20-12-3-4-13-20/h15-19H,1-14H2. The zero-order valence-corrected chi connectivity index (χ0v) is 13.1. The minimum absolute atomic E-state index is 0.796. The first-order valence-corrected chi connectivity index (χ1v) is 9.12. The lowest BCUT2D eigenvalue weighted by Gasteiger charge is -2.33. The Morgan fingerprint density at radius 3 is 2.65 bits per heavy atom. The monoisotopic (exact) mass is 279 g/mol. The minimum Gasteiger partial charge on any atom is -0.314 e. The van der Waals surface area contributed by atoms with Gasteiger partial charge in [-0.15, -0.1) is 0 Å². The van der Waals surface area contributed by atoms with Crippen molar-refractivity contribution in [2.24, 2.45) is 5.92 Å². The van der Waals surface area contributed by atoms with Crippen molar-refractivity contribution < 1.29 is 0 Å². The van der Waals surface area contributed by atoms with Crippen molar-refractivity contribution in [1.82, 2.24) is 15.5 Å². The second-order valence-electron chi connectivity index (χ2n) is 7.11. The molecule has 0 bridgehead atoms. The maximum absolute atomic E-state index is 3.89. The molecule has 2 heterocycles. The number of likely N-dealkylation sites (tertiary alicyclic amines) is 1. The molecule has 1 saturated carbocycles. The number of nitrogens with one attached hydrogen (secondary N) is 2. The van der Waals surface area contributed by atoms with E-state index in [1.807, 2.05) is 0 Å². The van der Waals surface area contributed by atoms with Gasteiger partial charge < -0.3 is 15.5 Å². The second-order valence-corrected chi connectivity index (χ2v) is 7.11. The first-order valence-electron chi connectivity index (χ1n) is 9.12. The van der Waals surface area contributed by atoms with Crippen molar-refractivity contribution in [1.29, 1.82) is 0 Å². The van der Waals surface area contributed by atoms with Crippen LogP contribution in [0.1, 0.15) is 57.8 Å². The van der Waals surface area contributed by atoms with E-state index in [4.69, 9.17) is 0 Å². The number of nitrogens with zero attached hydrogens (tertiary/aromatic N) is 1. The van der Waals surface area contributed by atoms with Gasteiger partial charge in [0, 0.05) is 12.1 Å². The van der Waals surface area contributed by atoms with E-state index in [1.54, 1.807) is 0 Å². The summed E-state index contributed by atoms with van der Waals surface area (Å²) in [5, 5.41) is 7.66. The third-order valence-electron chi connectivity index (χ3n) is 5.69. The van der Waals surface area contributed by atoms with E-state index in [0.29, 0.717) is 0 Å². The van der Waals surface area contributed by atoms with Gasteiger partial charge in [-0.2, -0.15) is 0 Å². The van der Waals surface area contributed by atoms with Crippen LogP contribution in [0.4, 0.5) is 0 Å². The molecule has 0 aromatic rings. The fraction of sp³-hybridized carbons (Fsp3) is 1.00. The minimum atomic E-state index is 0.796. The second kappa shape index (κ2) is 7.77. The summed E-state index contributed by atoms with van der Waals surface area (Å²) in [6.07, 6.45) is 12.7. The molecule has 2 saturated heterocycles. The molecule has 3 nitrogen and oxygen atoms in total. The average molecular weight is 279 g/mol. The van der Waals surface area contributed by atoms with Gasteiger partial charge in [-0.3, -0.25) is 0 Å². The molecule has 1 aliphatic carbocycles. The highest BCUT2D eigenvalue weighted by Crippen LogP contribution is 2.31. The highest BCUT2D eigenvalue weighted by Gasteiger charge is 2.33. The number of rotatable bonds is 6. The van der Waals surface area contributed by atoms with Crippen molar-refractivity contribution in [2.45, 2.75) is 69.9 Å². The van der Waals surface area contributed by atoms with Crippen LogP contribution in [0.15, 0.2) is 0 Å². The Morgan fingerprint density at radius 2 is 1.85 bits per heavy atom. The summed E-state index contributed by atoms with van der Waals surface area (Å²) in [5.74, 6) is 0.905. The van der Waals surface area contributed by atoms with E-state index >= 15 is 0 Å². The zero-order valence-electron chi connectivity index (χ0n) is 13.1. The number of piperidine rings is 1. The van der Waals surface area contributed by atoms with Gasteiger partial charge in [-0.05, 0) is 83.6 Å². The molecular weight excluding hydrogens is 246 g/mol. The Bertz CT molecular complexity index is 269. The molecule has 3 heteroatoms. The summed E-state index contributed by atoms with van der Waals surface area (Å²) >= 11 is 0. The summed E-state index contributed by atoms with van der Waals surface area (Å²) in [5.41, 5.74) is 0. The van der Waals surface area contributed by atoms with Crippen molar-refractivity contribution in [3.8, 4) is 0 Å². The van der Waals surface area contributed by atoms with E-state index in [-0.39, 0.29) is 0 Å². The van der Waals surface area contributed by atoms with Crippen LogP contribution in [0, 0.1) is 5.92 Å². The van der Waals surface area contributed by atoms with Crippen LogP contribution in [0.3, 0.4) is 0 Å². The lowest BCUT2D eigenvalue weighted by atomic mass is 9.88. The van der Waals surface area contributed by atoms with Crippen LogP contribution in [-0.2, 0) is 0 Å². The SMILES string of the molecule is C1CCC(C2CCCC2NCCCN2CCCC2)NC1. The van der Waals surface area contributed by atoms with E-state index in [9.17, 15) is 0 Å². The van der Waals surface area contributed by atoms with Crippen LogP contribution in [-0.4, -0.2) is 49.7 Å². The normalized spacial score (nSPS) is 35.7. The highest BCUT2D eigenvalue weighted by atomic mass is 15.1. The maximum atomic E-state index is 3.89. The van der Waals surface area contributed by atoms with Gasteiger partial charge in [-0.1, -0.05) is 12.8 Å². The zero-order chi connectivity index (χ0) is 13.6. The largest absolute Gasteiger partial charge is 0.314 e. The molecule has 116 valence electrons. The van der Waals surface area contributed by atoms with Crippen LogP contribution < -0.4 is 10.6 Å². The topological polar surface area (TPSA) is 27.3 Å². The molecule has 3 fully saturated rings. The first-order chi connectivity index (χ1) is 9.93. The predicted molar refractivity (Wildman–Crippen MR) is 85.1 cm³/mol. The third-order valence-corrected chi connectivity index (χ3v) is 5.69. The molecule has 3 atom stereocenters. The molecular formula is C17H33N3. The molecule has 0 radical (unpaired) electrons. The molecule has 0 spiro atoms. The van der Waals surface area contributed by atoms with Gasteiger partial charge in [-0.25, -0.2) is 0 Å². The average Bonchev–Trinajstić information content (AvgIpc) is 3.16. The lowest BCUT2D eigenvalue weighted by Crippen LogP contribution is -2.47. The van der Waals surface area contributed by atoms with E-state index < -0.39 is 0 Å². The van der Waals surface area contributed by atoms with Gasteiger partial charge in [0.1, 0.15) is 0 Å². The molecule has 0 amide bonds. The molecule has 2 aliphatic heterocycles. The summed E-state index contributed by atoms with van der Waals surface area (Å²) in [6.45, 7) is 6.48. The summed E-state index contributed by atoms with van der Waals surface area (Å²) in [7, 11) is 0. The maximum Gasteiger partial charge on any atom is 0.0110 e. The number of hydrogen-bond acceptors (Lipinski definition) is 3. The van der Waals surface area contributed by atoms with Crippen molar-refractivity contribution in [2.75, 3.05) is 32.7 Å². The van der Waals surface area contributed by atoms with Crippen molar-refractivity contribution in [3.05, 3.63) is 0 Å². The van der Waals surface area contributed by atoms with E-state index in [2.05, 4.69) is 15.5 Å². The molecule has 3 rings (SSSR count). The summed E-state index contributed by atoms with van der Waals surface area (Å²) in [6, 6.07) is 1.60. The first kappa shape index (κ1) is 14.8. The fourth-order valence-electron chi connectivity index (χ4n) is 4.56. The Kier molecular flexibility index (Phi) is 5.75. The van der Waals surface area contributed by atoms with Gasteiger partial charge in [0.05, 0.1) is 0 Å². The number of hydrogen-bond donors (Lipinski definition) is 2. The van der Waals surface area contributed by atoms with Crippen molar-refractivity contribution >= 4 is 0 Å². The third kappa shape index (κ3) is 3.96. The van der Waals surface area contributed by atoms with Gasteiger partial charge in [0.15, 0.2) is 0 Å². The molecule has 3 aliphatic rings. The summed E-state index contributed by atoms with van der Waals surface area (Å²) < 4.78 is 0. The van der Waals surface area contributed by atoms with Gasteiger partial charge in [0.25, 0.3) is 0 Å². The molecule has 0 aromatic carbocycles. The van der Waals surface area contributed by atoms with Crippen LogP contribution >= 0.6 is 0 Å². The Morgan fingerprint density at radius 1 is 0.950 bits per heavy atom. The quantitative estimate of drug-likeness (QED) is 0.731. The van der Waals surface area contributed by atoms with Gasteiger partial charge in [0.2, 0.25) is 0 Å². The Labute approximate surface area is 124 Å². The molecule has 2 N–H and O–H groups in total. The molecule has 20 heavy (non-hydrogen) atoms. The Balaban J connectivity index is 1.35. The lowest BCUT2D eigenvalue weighted by molar-refractivity contribution is 0.253. The van der Waals surface area contributed by atoms with Crippen LogP contribution in [0.25, 0.3) is 0 Å². The van der Waals surface area contributed by atoms with E-state index in [1.165, 1.54) is 90.5 Å². The van der Waals surface area contributed by atoms with Crippen molar-refractivity contribution in [3.63, 3.8) is 0 Å². The van der Waals surface area contributed by atoms with Crippen LogP contribution in [0.2, 0.25) is 0 Å². The summed E-state index contributed by atoms with van der Waals surface area (Å²) in [4.78, 5) is 2.64. The fourth-order valence-corrected chi connectivity index (χ4v) is 4.56. The Hall–Kier alpha value is -0.120. The molecule has 0 aromatic heterocycles. The smallest absolute Gasteiger partial charge is 0.0110 e. The highest BCUT2D eigenvalue weighted by molar-refractivity contribution is 4.92. The predicted octanol–water partition coefficient (Wildman–Crippen LogP) is 2.37. The van der Waals surface area contributed by atoms with Gasteiger partial charge >= 0.3 is 0 Å².